The molecule has 0 aliphatic rings. The summed E-state index contributed by atoms with van der Waals surface area (Å²) in [5, 5.41) is 11.1. The first kappa shape index (κ1) is 10.6. The maximum Gasteiger partial charge on any atom is 0.0964 e. The van der Waals surface area contributed by atoms with E-state index in [1.165, 1.54) is 4.88 Å². The molecule has 0 unspecified atom stereocenters. The summed E-state index contributed by atoms with van der Waals surface area (Å²) >= 11 is 7.41. The van der Waals surface area contributed by atoms with Gasteiger partial charge < -0.3 is 5.32 Å². The van der Waals surface area contributed by atoms with Crippen molar-refractivity contribution in [3.63, 3.8) is 0 Å². The third-order valence-corrected chi connectivity index (χ3v) is 3.12. The van der Waals surface area contributed by atoms with Gasteiger partial charge in [-0.05, 0) is 12.1 Å². The van der Waals surface area contributed by atoms with Gasteiger partial charge in [0.15, 0.2) is 0 Å². The van der Waals surface area contributed by atoms with E-state index in [1.807, 2.05) is 25.4 Å². The van der Waals surface area contributed by atoms with Crippen LogP contribution in [-0.2, 0) is 20.1 Å². The first-order chi connectivity index (χ1) is 7.24. The van der Waals surface area contributed by atoms with Crippen molar-refractivity contribution in [1.29, 1.82) is 0 Å². The number of aryl methyl sites for hydroxylation is 1. The summed E-state index contributed by atoms with van der Waals surface area (Å²) in [5.74, 6) is 0. The molecule has 0 saturated carbocycles. The molecule has 0 bridgehead atoms. The number of halogens is 1. The van der Waals surface area contributed by atoms with Crippen molar-refractivity contribution in [2.75, 3.05) is 0 Å². The fourth-order valence-electron chi connectivity index (χ4n) is 1.24. The average molecular weight is 243 g/mol. The number of hydrogen-bond acceptors (Lipinski definition) is 4. The summed E-state index contributed by atoms with van der Waals surface area (Å²) < 4.78 is 2.52. The summed E-state index contributed by atoms with van der Waals surface area (Å²) in [4.78, 5) is 1.23. The summed E-state index contributed by atoms with van der Waals surface area (Å²) in [6.45, 7) is 1.54. The number of thiophene rings is 1. The Bertz CT molecular complexity index is 397. The van der Waals surface area contributed by atoms with Crippen LogP contribution in [0.2, 0.25) is 4.34 Å². The van der Waals surface area contributed by atoms with Gasteiger partial charge in [-0.15, -0.1) is 16.4 Å². The molecule has 6 heteroatoms. The molecular formula is C9H11ClN4S. The normalized spacial score (nSPS) is 10.8. The lowest BCUT2D eigenvalue weighted by Crippen LogP contribution is -2.11. The predicted molar refractivity (Wildman–Crippen MR) is 60.9 cm³/mol. The van der Waals surface area contributed by atoms with Crippen molar-refractivity contribution in [3.05, 3.63) is 33.2 Å². The Morgan fingerprint density at radius 2 is 2.33 bits per heavy atom. The van der Waals surface area contributed by atoms with Gasteiger partial charge in [0.25, 0.3) is 0 Å². The van der Waals surface area contributed by atoms with E-state index < -0.39 is 0 Å². The fraction of sp³-hybridized carbons (Fsp3) is 0.333. The first-order valence-electron chi connectivity index (χ1n) is 4.54. The molecule has 0 spiro atoms. The number of nitrogens with zero attached hydrogens (tertiary/aromatic N) is 3. The molecule has 0 radical (unpaired) electrons. The van der Waals surface area contributed by atoms with E-state index in [9.17, 15) is 0 Å². The Hall–Kier alpha value is -0.910. The average Bonchev–Trinajstić information content (AvgIpc) is 2.76. The van der Waals surface area contributed by atoms with Gasteiger partial charge in [0.05, 0.1) is 10.0 Å². The molecule has 0 aromatic carbocycles. The van der Waals surface area contributed by atoms with E-state index in [1.54, 1.807) is 16.0 Å². The fourth-order valence-corrected chi connectivity index (χ4v) is 2.29. The van der Waals surface area contributed by atoms with E-state index in [4.69, 9.17) is 11.6 Å². The second-order valence-corrected chi connectivity index (χ2v) is 4.99. The van der Waals surface area contributed by atoms with Gasteiger partial charge in [-0.3, -0.25) is 4.68 Å². The largest absolute Gasteiger partial charge is 0.306 e. The van der Waals surface area contributed by atoms with Gasteiger partial charge in [0.1, 0.15) is 0 Å². The zero-order chi connectivity index (χ0) is 10.7. The van der Waals surface area contributed by atoms with Crippen molar-refractivity contribution < 1.29 is 0 Å². The minimum atomic E-state index is 0.726. The van der Waals surface area contributed by atoms with Gasteiger partial charge in [-0.2, -0.15) is 0 Å². The molecule has 15 heavy (non-hydrogen) atoms. The van der Waals surface area contributed by atoms with E-state index >= 15 is 0 Å². The highest BCUT2D eigenvalue weighted by atomic mass is 35.5. The van der Waals surface area contributed by atoms with E-state index in [-0.39, 0.29) is 0 Å². The van der Waals surface area contributed by atoms with Gasteiger partial charge in [0, 0.05) is 31.2 Å². The lowest BCUT2D eigenvalue weighted by Gasteiger charge is -1.98. The lowest BCUT2D eigenvalue weighted by molar-refractivity contribution is 0.679. The van der Waals surface area contributed by atoms with Crippen molar-refractivity contribution in [2.45, 2.75) is 13.1 Å². The van der Waals surface area contributed by atoms with Crippen LogP contribution >= 0.6 is 22.9 Å². The molecule has 1 N–H and O–H groups in total. The molecule has 0 aliphatic carbocycles. The Labute approximate surface area is 96.9 Å². The Kier molecular flexibility index (Phi) is 3.35. The lowest BCUT2D eigenvalue weighted by atomic mass is 10.4. The van der Waals surface area contributed by atoms with Gasteiger partial charge in [0.2, 0.25) is 0 Å². The highest BCUT2D eigenvalue weighted by Gasteiger charge is 1.99. The van der Waals surface area contributed by atoms with Crippen LogP contribution in [-0.4, -0.2) is 15.0 Å². The predicted octanol–water partition coefficient (Wildman–Crippen LogP) is 1.82. The molecule has 2 aromatic rings. The van der Waals surface area contributed by atoms with Crippen molar-refractivity contribution in [3.8, 4) is 0 Å². The SMILES string of the molecule is Cn1cc(CNCc2ccc(Cl)s2)nn1. The Morgan fingerprint density at radius 3 is 2.93 bits per heavy atom. The number of nitrogens with one attached hydrogen (secondary N) is 1. The number of aromatic nitrogens is 3. The molecular weight excluding hydrogens is 232 g/mol. The number of rotatable bonds is 4. The molecule has 0 fully saturated rings. The zero-order valence-electron chi connectivity index (χ0n) is 8.27. The number of hydrogen-bond donors (Lipinski definition) is 1. The highest BCUT2D eigenvalue weighted by Crippen LogP contribution is 2.20. The minimum absolute atomic E-state index is 0.726. The highest BCUT2D eigenvalue weighted by molar-refractivity contribution is 7.16. The third kappa shape index (κ3) is 3.02. The molecule has 0 saturated heterocycles. The van der Waals surface area contributed by atoms with Crippen LogP contribution < -0.4 is 5.32 Å². The summed E-state index contributed by atoms with van der Waals surface area (Å²) in [7, 11) is 1.86. The van der Waals surface area contributed by atoms with Crippen LogP contribution in [0.15, 0.2) is 18.3 Å². The van der Waals surface area contributed by atoms with Crippen LogP contribution in [0.5, 0.6) is 0 Å². The summed E-state index contributed by atoms with van der Waals surface area (Å²) in [6.07, 6.45) is 1.90. The smallest absolute Gasteiger partial charge is 0.0964 e. The van der Waals surface area contributed by atoms with Crippen LogP contribution in [0.1, 0.15) is 10.6 Å². The molecule has 80 valence electrons. The first-order valence-corrected chi connectivity index (χ1v) is 5.73. The molecule has 2 rings (SSSR count). The molecule has 0 atom stereocenters. The Balaban J connectivity index is 1.80. The quantitative estimate of drug-likeness (QED) is 0.890. The topological polar surface area (TPSA) is 42.7 Å². The minimum Gasteiger partial charge on any atom is -0.306 e. The maximum absolute atomic E-state index is 5.82. The van der Waals surface area contributed by atoms with E-state index in [2.05, 4.69) is 15.6 Å². The van der Waals surface area contributed by atoms with Gasteiger partial charge in [-0.1, -0.05) is 16.8 Å². The summed E-state index contributed by atoms with van der Waals surface area (Å²) in [6, 6.07) is 3.93. The zero-order valence-corrected chi connectivity index (χ0v) is 9.85. The summed E-state index contributed by atoms with van der Waals surface area (Å²) in [5.41, 5.74) is 0.945. The van der Waals surface area contributed by atoms with Crippen LogP contribution in [0.3, 0.4) is 0 Å². The van der Waals surface area contributed by atoms with E-state index in [0.717, 1.165) is 23.1 Å². The van der Waals surface area contributed by atoms with Crippen molar-refractivity contribution >= 4 is 22.9 Å². The standard InChI is InChI=1S/C9H11ClN4S/c1-14-6-7(12-13-14)4-11-5-8-2-3-9(10)15-8/h2-3,6,11H,4-5H2,1H3. The molecule has 2 heterocycles. The molecule has 0 amide bonds. The van der Waals surface area contributed by atoms with Crippen LogP contribution in [0.4, 0.5) is 0 Å². The van der Waals surface area contributed by atoms with Gasteiger partial charge >= 0.3 is 0 Å². The third-order valence-electron chi connectivity index (χ3n) is 1.88. The monoisotopic (exact) mass is 242 g/mol. The maximum atomic E-state index is 5.82. The van der Waals surface area contributed by atoms with Gasteiger partial charge in [-0.25, -0.2) is 0 Å². The second-order valence-electron chi connectivity index (χ2n) is 3.19. The van der Waals surface area contributed by atoms with Crippen molar-refractivity contribution in [2.24, 2.45) is 7.05 Å². The molecule has 4 nitrogen and oxygen atoms in total. The van der Waals surface area contributed by atoms with Crippen LogP contribution in [0.25, 0.3) is 0 Å². The second kappa shape index (κ2) is 4.74. The Morgan fingerprint density at radius 1 is 1.47 bits per heavy atom. The molecule has 0 aliphatic heterocycles. The van der Waals surface area contributed by atoms with Crippen LogP contribution in [0, 0.1) is 0 Å². The molecule has 2 aromatic heterocycles. The van der Waals surface area contributed by atoms with Crippen molar-refractivity contribution in [1.82, 2.24) is 20.3 Å². The van der Waals surface area contributed by atoms with E-state index in [0.29, 0.717) is 0 Å².